The van der Waals surface area contributed by atoms with E-state index in [0.717, 1.165) is 0 Å². The van der Waals surface area contributed by atoms with Crippen LogP contribution in [-0.4, -0.2) is 52.9 Å². The molecule has 20 heavy (non-hydrogen) atoms. The lowest BCUT2D eigenvalue weighted by Gasteiger charge is -2.23. The Labute approximate surface area is 120 Å². The van der Waals surface area contributed by atoms with E-state index in [4.69, 9.17) is 5.73 Å². The lowest BCUT2D eigenvalue weighted by Crippen LogP contribution is -2.41. The molecule has 2 N–H and O–H groups in total. The number of nitrogen functional groups attached to an aromatic ring is 1. The maximum atomic E-state index is 12.4. The number of carbonyl (C=O) groups excluding carboxylic acids is 2. The molecule has 0 aliphatic heterocycles. The number of nitrogens with zero attached hydrogens (tertiary/aromatic N) is 3. The Morgan fingerprint density at radius 2 is 1.85 bits per heavy atom. The van der Waals surface area contributed by atoms with Gasteiger partial charge in [0.25, 0.3) is 5.91 Å². The fraction of sp³-hybridized carbons (Fsp3) is 0.571. The normalized spacial score (nSPS) is 10.4. The largest absolute Gasteiger partial charge is 0.397 e. The first kappa shape index (κ1) is 16.1. The van der Waals surface area contributed by atoms with E-state index in [0.29, 0.717) is 31.0 Å². The topological polar surface area (TPSA) is 71.6 Å². The zero-order valence-corrected chi connectivity index (χ0v) is 12.7. The summed E-state index contributed by atoms with van der Waals surface area (Å²) in [5.74, 6) is -0.238. The molecule has 1 heterocycles. The lowest BCUT2D eigenvalue weighted by atomic mass is 10.3. The third-order valence-corrected chi connectivity index (χ3v) is 3.31. The number of anilines is 1. The van der Waals surface area contributed by atoms with Crippen LogP contribution in [0.4, 0.5) is 5.69 Å². The van der Waals surface area contributed by atoms with Crippen LogP contribution >= 0.6 is 0 Å². The summed E-state index contributed by atoms with van der Waals surface area (Å²) in [5.41, 5.74) is 6.79. The van der Waals surface area contributed by atoms with Crippen LogP contribution in [0.3, 0.4) is 0 Å². The molecule has 2 amide bonds. The van der Waals surface area contributed by atoms with Crippen molar-refractivity contribution in [1.29, 1.82) is 0 Å². The Bertz CT molecular complexity index is 478. The maximum Gasteiger partial charge on any atom is 0.270 e. The van der Waals surface area contributed by atoms with E-state index in [-0.39, 0.29) is 18.4 Å². The summed E-state index contributed by atoms with van der Waals surface area (Å²) in [6.07, 6.45) is 1.73. The number of aromatic nitrogens is 1. The average Bonchev–Trinajstić information content (AvgIpc) is 2.80. The first-order chi connectivity index (χ1) is 9.44. The molecular weight excluding hydrogens is 256 g/mol. The monoisotopic (exact) mass is 280 g/mol. The van der Waals surface area contributed by atoms with Gasteiger partial charge in [0.15, 0.2) is 0 Å². The Morgan fingerprint density at radius 3 is 2.35 bits per heavy atom. The summed E-state index contributed by atoms with van der Waals surface area (Å²) >= 11 is 0. The van der Waals surface area contributed by atoms with E-state index in [2.05, 4.69) is 0 Å². The van der Waals surface area contributed by atoms with Crippen LogP contribution in [0, 0.1) is 0 Å². The van der Waals surface area contributed by atoms with Gasteiger partial charge in [0.05, 0.1) is 12.2 Å². The van der Waals surface area contributed by atoms with Crippen LogP contribution in [-0.2, 0) is 11.3 Å². The van der Waals surface area contributed by atoms with Gasteiger partial charge in [-0.15, -0.1) is 0 Å². The Morgan fingerprint density at radius 1 is 1.25 bits per heavy atom. The van der Waals surface area contributed by atoms with Crippen molar-refractivity contribution in [3.8, 4) is 0 Å². The fourth-order valence-corrected chi connectivity index (χ4v) is 2.12. The van der Waals surface area contributed by atoms with Gasteiger partial charge in [0, 0.05) is 32.9 Å². The number of hydrogen-bond donors (Lipinski definition) is 1. The highest BCUT2D eigenvalue weighted by atomic mass is 16.2. The zero-order chi connectivity index (χ0) is 15.3. The minimum Gasteiger partial charge on any atom is -0.397 e. The van der Waals surface area contributed by atoms with Crippen molar-refractivity contribution < 1.29 is 9.59 Å². The van der Waals surface area contributed by atoms with Gasteiger partial charge in [-0.25, -0.2) is 0 Å². The summed E-state index contributed by atoms with van der Waals surface area (Å²) in [4.78, 5) is 27.5. The molecule has 0 atom stereocenters. The van der Waals surface area contributed by atoms with Crippen molar-refractivity contribution in [2.45, 2.75) is 27.3 Å². The van der Waals surface area contributed by atoms with Gasteiger partial charge in [-0.3, -0.25) is 9.59 Å². The van der Waals surface area contributed by atoms with E-state index in [1.54, 1.807) is 28.8 Å². The third kappa shape index (κ3) is 3.53. The van der Waals surface area contributed by atoms with Gasteiger partial charge >= 0.3 is 0 Å². The van der Waals surface area contributed by atoms with Crippen LogP contribution in [0.25, 0.3) is 0 Å². The van der Waals surface area contributed by atoms with Crippen molar-refractivity contribution in [3.05, 3.63) is 18.0 Å². The molecule has 0 saturated carbocycles. The van der Waals surface area contributed by atoms with Crippen molar-refractivity contribution in [3.63, 3.8) is 0 Å². The summed E-state index contributed by atoms with van der Waals surface area (Å²) < 4.78 is 1.79. The standard InChI is InChI=1S/C14H24N4O2/c1-5-17(6-2)13(19)10-16(4)14(20)12-8-11(15)9-18(12)7-3/h8-9H,5-7,10,15H2,1-4H3. The van der Waals surface area contributed by atoms with Crippen LogP contribution < -0.4 is 5.73 Å². The van der Waals surface area contributed by atoms with Gasteiger partial charge in [-0.1, -0.05) is 0 Å². The van der Waals surface area contributed by atoms with Crippen molar-refractivity contribution in [2.24, 2.45) is 0 Å². The quantitative estimate of drug-likeness (QED) is 0.846. The molecule has 1 aromatic heterocycles. The Hall–Kier alpha value is -1.98. The smallest absolute Gasteiger partial charge is 0.270 e. The summed E-state index contributed by atoms with van der Waals surface area (Å²) in [7, 11) is 1.63. The molecule has 0 aliphatic carbocycles. The third-order valence-electron chi connectivity index (χ3n) is 3.31. The number of rotatable bonds is 6. The summed E-state index contributed by atoms with van der Waals surface area (Å²) in [6.45, 7) is 7.83. The lowest BCUT2D eigenvalue weighted by molar-refractivity contribution is -0.131. The van der Waals surface area contributed by atoms with E-state index < -0.39 is 0 Å². The molecule has 0 spiro atoms. The number of nitrogens with two attached hydrogens (primary N) is 1. The number of amides is 2. The van der Waals surface area contributed by atoms with Gasteiger partial charge in [0.2, 0.25) is 5.91 Å². The summed E-state index contributed by atoms with van der Waals surface area (Å²) in [5, 5.41) is 0. The van der Waals surface area contributed by atoms with E-state index >= 15 is 0 Å². The van der Waals surface area contributed by atoms with E-state index in [1.165, 1.54) is 4.90 Å². The van der Waals surface area contributed by atoms with Crippen molar-refractivity contribution in [2.75, 3.05) is 32.4 Å². The SMILES string of the molecule is CCN(CC)C(=O)CN(C)C(=O)c1cc(N)cn1CC. The minimum absolute atomic E-state index is 0.0478. The van der Waals surface area contributed by atoms with Crippen LogP contribution in [0.2, 0.25) is 0 Å². The number of carbonyl (C=O) groups is 2. The molecule has 0 fully saturated rings. The Kier molecular flexibility index (Phi) is 5.61. The molecule has 1 aromatic rings. The number of hydrogen-bond acceptors (Lipinski definition) is 3. The molecule has 112 valence electrons. The second-order valence-electron chi connectivity index (χ2n) is 4.67. The zero-order valence-electron chi connectivity index (χ0n) is 12.7. The molecule has 0 bridgehead atoms. The Balaban J connectivity index is 2.79. The van der Waals surface area contributed by atoms with Crippen LogP contribution in [0.1, 0.15) is 31.3 Å². The van der Waals surface area contributed by atoms with Crippen molar-refractivity contribution >= 4 is 17.5 Å². The predicted octanol–water partition coefficient (Wildman–Crippen LogP) is 1.03. The fourth-order valence-electron chi connectivity index (χ4n) is 2.12. The van der Waals surface area contributed by atoms with Crippen LogP contribution in [0.5, 0.6) is 0 Å². The molecular formula is C14H24N4O2. The molecule has 1 rings (SSSR count). The van der Waals surface area contributed by atoms with Crippen molar-refractivity contribution in [1.82, 2.24) is 14.4 Å². The first-order valence-electron chi connectivity index (χ1n) is 6.93. The second kappa shape index (κ2) is 6.98. The molecule has 0 aromatic carbocycles. The molecule has 0 radical (unpaired) electrons. The number of aryl methyl sites for hydroxylation is 1. The molecule has 0 unspecified atom stereocenters. The molecule has 0 aliphatic rings. The average molecular weight is 280 g/mol. The molecule has 6 nitrogen and oxygen atoms in total. The first-order valence-corrected chi connectivity index (χ1v) is 6.93. The minimum atomic E-state index is -0.191. The predicted molar refractivity (Wildman–Crippen MR) is 79.4 cm³/mol. The maximum absolute atomic E-state index is 12.4. The highest BCUT2D eigenvalue weighted by Crippen LogP contribution is 2.12. The van der Waals surface area contributed by atoms with Gasteiger partial charge in [0.1, 0.15) is 5.69 Å². The number of likely N-dealkylation sites (N-methyl/N-ethyl adjacent to an activating group) is 2. The highest BCUT2D eigenvalue weighted by Gasteiger charge is 2.20. The van der Waals surface area contributed by atoms with Gasteiger partial charge in [-0.2, -0.15) is 0 Å². The highest BCUT2D eigenvalue weighted by molar-refractivity contribution is 5.96. The van der Waals surface area contributed by atoms with E-state index in [1.807, 2.05) is 20.8 Å². The molecule has 6 heteroatoms. The van der Waals surface area contributed by atoms with Gasteiger partial charge < -0.3 is 20.1 Å². The summed E-state index contributed by atoms with van der Waals surface area (Å²) in [6, 6.07) is 1.64. The molecule has 0 saturated heterocycles. The second-order valence-corrected chi connectivity index (χ2v) is 4.67. The van der Waals surface area contributed by atoms with Gasteiger partial charge in [-0.05, 0) is 26.8 Å². The van der Waals surface area contributed by atoms with Crippen LogP contribution in [0.15, 0.2) is 12.3 Å². The van der Waals surface area contributed by atoms with E-state index in [9.17, 15) is 9.59 Å².